The van der Waals surface area contributed by atoms with Gasteiger partial charge in [-0.2, -0.15) is 0 Å². The second-order valence-electron chi connectivity index (χ2n) is 6.67. The van der Waals surface area contributed by atoms with Gasteiger partial charge in [0.25, 0.3) is 0 Å². The van der Waals surface area contributed by atoms with Crippen LogP contribution in [0.4, 0.5) is 10.1 Å². The van der Waals surface area contributed by atoms with E-state index in [1.54, 1.807) is 12.1 Å². The van der Waals surface area contributed by atoms with E-state index in [4.69, 9.17) is 0 Å². The standard InChI is InChI=1S/C19H29FN4O2/c1-2-3-4-8-21-18(25)14-23-9-11-24(12-10-23)15-19(26)22-17-7-5-6-16(20)13-17/h5-7,13H,2-4,8-12,14-15H2,1H3,(H,21,25)(H,22,26). The maximum atomic E-state index is 13.1. The summed E-state index contributed by atoms with van der Waals surface area (Å²) in [5.74, 6) is -0.458. The first-order valence-electron chi connectivity index (χ1n) is 9.33. The Morgan fingerprint density at radius 3 is 2.31 bits per heavy atom. The van der Waals surface area contributed by atoms with Gasteiger partial charge in [0.2, 0.25) is 11.8 Å². The van der Waals surface area contributed by atoms with E-state index in [9.17, 15) is 14.0 Å². The molecule has 0 bridgehead atoms. The largest absolute Gasteiger partial charge is 0.355 e. The first-order valence-corrected chi connectivity index (χ1v) is 9.33. The minimum Gasteiger partial charge on any atom is -0.355 e. The number of rotatable bonds is 9. The minimum atomic E-state index is -0.371. The molecule has 1 aromatic carbocycles. The van der Waals surface area contributed by atoms with Crippen LogP contribution in [0, 0.1) is 5.82 Å². The van der Waals surface area contributed by atoms with Crippen LogP contribution in [0.5, 0.6) is 0 Å². The van der Waals surface area contributed by atoms with Gasteiger partial charge in [-0.1, -0.05) is 25.8 Å². The molecular formula is C19H29FN4O2. The second-order valence-corrected chi connectivity index (χ2v) is 6.67. The lowest BCUT2D eigenvalue weighted by Crippen LogP contribution is -2.51. The number of benzene rings is 1. The first-order chi connectivity index (χ1) is 12.6. The number of unbranched alkanes of at least 4 members (excludes halogenated alkanes) is 2. The Bertz CT molecular complexity index is 589. The molecule has 2 N–H and O–H groups in total. The number of carbonyl (C=O) groups excluding carboxylic acids is 2. The van der Waals surface area contributed by atoms with Crippen molar-refractivity contribution in [1.29, 1.82) is 0 Å². The molecule has 1 saturated heterocycles. The lowest BCUT2D eigenvalue weighted by molar-refractivity contribution is -0.123. The average Bonchev–Trinajstić information content (AvgIpc) is 2.60. The molecule has 0 radical (unpaired) electrons. The molecule has 1 fully saturated rings. The van der Waals surface area contributed by atoms with Crippen molar-refractivity contribution in [3.05, 3.63) is 30.1 Å². The smallest absolute Gasteiger partial charge is 0.238 e. The molecule has 1 aliphatic rings. The van der Waals surface area contributed by atoms with Crippen LogP contribution in [0.2, 0.25) is 0 Å². The maximum absolute atomic E-state index is 13.1. The molecule has 144 valence electrons. The molecule has 0 saturated carbocycles. The fourth-order valence-corrected chi connectivity index (χ4v) is 2.94. The molecule has 7 heteroatoms. The molecular weight excluding hydrogens is 335 g/mol. The van der Waals surface area contributed by atoms with Crippen molar-refractivity contribution in [2.75, 3.05) is 51.1 Å². The van der Waals surface area contributed by atoms with Gasteiger partial charge >= 0.3 is 0 Å². The van der Waals surface area contributed by atoms with Gasteiger partial charge < -0.3 is 10.6 Å². The number of nitrogens with one attached hydrogen (secondary N) is 2. The molecule has 0 unspecified atom stereocenters. The summed E-state index contributed by atoms with van der Waals surface area (Å²) in [6.07, 6.45) is 3.30. The van der Waals surface area contributed by atoms with E-state index in [2.05, 4.69) is 22.5 Å². The number of halogens is 1. The van der Waals surface area contributed by atoms with Gasteiger partial charge in [-0.25, -0.2) is 4.39 Å². The molecule has 1 heterocycles. The van der Waals surface area contributed by atoms with Crippen molar-refractivity contribution < 1.29 is 14.0 Å². The molecule has 0 spiro atoms. The Labute approximate surface area is 154 Å². The topological polar surface area (TPSA) is 64.7 Å². The van der Waals surface area contributed by atoms with Gasteiger partial charge in [0.15, 0.2) is 0 Å². The van der Waals surface area contributed by atoms with Crippen LogP contribution in [-0.4, -0.2) is 67.4 Å². The van der Waals surface area contributed by atoms with Crippen LogP contribution < -0.4 is 10.6 Å². The second kappa shape index (κ2) is 10.9. The third kappa shape index (κ3) is 7.49. The first kappa shape index (κ1) is 20.3. The molecule has 1 aromatic rings. The Hall–Kier alpha value is -1.99. The number of hydrogen-bond donors (Lipinski definition) is 2. The SMILES string of the molecule is CCCCCNC(=O)CN1CCN(CC(=O)Nc2cccc(F)c2)CC1. The van der Waals surface area contributed by atoms with E-state index in [0.717, 1.165) is 52.0 Å². The fourth-order valence-electron chi connectivity index (χ4n) is 2.94. The van der Waals surface area contributed by atoms with Crippen LogP contribution in [0.15, 0.2) is 24.3 Å². The summed E-state index contributed by atoms with van der Waals surface area (Å²) in [6.45, 7) is 6.56. The summed E-state index contributed by atoms with van der Waals surface area (Å²) in [7, 11) is 0. The number of piperazine rings is 1. The highest BCUT2D eigenvalue weighted by molar-refractivity contribution is 5.92. The molecule has 1 aliphatic heterocycles. The third-order valence-electron chi connectivity index (χ3n) is 4.41. The maximum Gasteiger partial charge on any atom is 0.238 e. The van der Waals surface area contributed by atoms with E-state index < -0.39 is 0 Å². The summed E-state index contributed by atoms with van der Waals surface area (Å²) in [5, 5.41) is 5.66. The molecule has 6 nitrogen and oxygen atoms in total. The Morgan fingerprint density at radius 2 is 1.69 bits per heavy atom. The van der Waals surface area contributed by atoms with Crippen molar-refractivity contribution in [1.82, 2.24) is 15.1 Å². The van der Waals surface area contributed by atoms with Gasteiger partial charge in [0, 0.05) is 38.4 Å². The van der Waals surface area contributed by atoms with Gasteiger partial charge in [0.05, 0.1) is 13.1 Å². The highest BCUT2D eigenvalue weighted by Gasteiger charge is 2.20. The van der Waals surface area contributed by atoms with Gasteiger partial charge in [-0.05, 0) is 24.6 Å². The molecule has 26 heavy (non-hydrogen) atoms. The zero-order valence-corrected chi connectivity index (χ0v) is 15.5. The van der Waals surface area contributed by atoms with Crippen LogP contribution in [0.1, 0.15) is 26.2 Å². The normalized spacial score (nSPS) is 15.6. The fraction of sp³-hybridized carbons (Fsp3) is 0.579. The molecule has 2 rings (SSSR count). The zero-order valence-electron chi connectivity index (χ0n) is 15.5. The van der Waals surface area contributed by atoms with Gasteiger partial charge in [-0.15, -0.1) is 0 Å². The van der Waals surface area contributed by atoms with E-state index in [1.165, 1.54) is 12.1 Å². The number of nitrogens with zero attached hydrogens (tertiary/aromatic N) is 2. The summed E-state index contributed by atoms with van der Waals surface area (Å²) in [4.78, 5) is 28.1. The Kier molecular flexibility index (Phi) is 8.50. The van der Waals surface area contributed by atoms with Crippen LogP contribution in [-0.2, 0) is 9.59 Å². The monoisotopic (exact) mass is 364 g/mol. The number of anilines is 1. The third-order valence-corrected chi connectivity index (χ3v) is 4.41. The molecule has 0 atom stereocenters. The zero-order chi connectivity index (χ0) is 18.8. The molecule has 2 amide bonds. The van der Waals surface area contributed by atoms with Crippen molar-refractivity contribution in [2.24, 2.45) is 0 Å². The average molecular weight is 364 g/mol. The highest BCUT2D eigenvalue weighted by atomic mass is 19.1. The molecule has 0 aromatic heterocycles. The van der Waals surface area contributed by atoms with Crippen LogP contribution in [0.3, 0.4) is 0 Å². The Morgan fingerprint density at radius 1 is 1.04 bits per heavy atom. The Balaban J connectivity index is 1.63. The summed E-state index contributed by atoms with van der Waals surface area (Å²) >= 11 is 0. The summed E-state index contributed by atoms with van der Waals surface area (Å²) in [5.41, 5.74) is 0.466. The highest BCUT2D eigenvalue weighted by Crippen LogP contribution is 2.09. The van der Waals surface area contributed by atoms with Crippen molar-refractivity contribution in [3.8, 4) is 0 Å². The number of hydrogen-bond acceptors (Lipinski definition) is 4. The van der Waals surface area contributed by atoms with Crippen LogP contribution in [0.25, 0.3) is 0 Å². The van der Waals surface area contributed by atoms with Crippen molar-refractivity contribution in [3.63, 3.8) is 0 Å². The minimum absolute atomic E-state index is 0.0680. The number of amides is 2. The predicted molar refractivity (Wildman–Crippen MR) is 100 cm³/mol. The van der Waals surface area contributed by atoms with Crippen LogP contribution >= 0.6 is 0 Å². The van der Waals surface area contributed by atoms with E-state index in [0.29, 0.717) is 12.2 Å². The lowest BCUT2D eigenvalue weighted by Gasteiger charge is -2.33. The van der Waals surface area contributed by atoms with E-state index >= 15 is 0 Å². The van der Waals surface area contributed by atoms with E-state index in [-0.39, 0.29) is 24.2 Å². The van der Waals surface area contributed by atoms with Gasteiger partial charge in [-0.3, -0.25) is 19.4 Å². The van der Waals surface area contributed by atoms with Crippen molar-refractivity contribution >= 4 is 17.5 Å². The molecule has 0 aliphatic carbocycles. The summed E-state index contributed by atoms with van der Waals surface area (Å²) in [6, 6.07) is 5.87. The van der Waals surface area contributed by atoms with Crippen molar-refractivity contribution in [2.45, 2.75) is 26.2 Å². The lowest BCUT2D eigenvalue weighted by atomic mass is 10.2. The number of carbonyl (C=O) groups is 2. The summed E-state index contributed by atoms with van der Waals surface area (Å²) < 4.78 is 13.1. The quantitative estimate of drug-likeness (QED) is 0.655. The predicted octanol–water partition coefficient (Wildman–Crippen LogP) is 1.69. The van der Waals surface area contributed by atoms with E-state index in [1.807, 2.05) is 4.90 Å². The van der Waals surface area contributed by atoms with Gasteiger partial charge in [0.1, 0.15) is 5.82 Å².